The molecule has 7 heteroatoms. The van der Waals surface area contributed by atoms with Crippen molar-refractivity contribution in [3.05, 3.63) is 101 Å². The molecule has 200 valence electrons. The molecule has 0 saturated heterocycles. The van der Waals surface area contributed by atoms with Crippen LogP contribution in [0.5, 0.6) is 17.2 Å². The van der Waals surface area contributed by atoms with Crippen molar-refractivity contribution in [1.29, 1.82) is 0 Å². The lowest BCUT2D eigenvalue weighted by atomic mass is 9.69. The zero-order chi connectivity index (χ0) is 27.5. The summed E-state index contributed by atoms with van der Waals surface area (Å²) in [7, 11) is 3.17. The second kappa shape index (κ2) is 11.2. The number of hydrogen-bond acceptors (Lipinski definition) is 7. The fourth-order valence-electron chi connectivity index (χ4n) is 5.57. The summed E-state index contributed by atoms with van der Waals surface area (Å²) in [4.78, 5) is 32.2. The predicted octanol–water partition coefficient (Wildman–Crippen LogP) is 5.73. The molecule has 0 spiro atoms. The van der Waals surface area contributed by atoms with Crippen LogP contribution in [0, 0.1) is 5.92 Å². The van der Waals surface area contributed by atoms with Gasteiger partial charge in [0.25, 0.3) is 0 Å². The highest BCUT2D eigenvalue weighted by atomic mass is 16.5. The van der Waals surface area contributed by atoms with Crippen molar-refractivity contribution in [2.24, 2.45) is 10.9 Å². The van der Waals surface area contributed by atoms with E-state index in [9.17, 15) is 14.7 Å². The van der Waals surface area contributed by atoms with E-state index in [0.717, 1.165) is 16.7 Å². The smallest absolute Gasteiger partial charge is 0.315 e. The maximum absolute atomic E-state index is 13.8. The third-order valence-corrected chi connectivity index (χ3v) is 7.50. The number of aromatic hydroxyl groups is 1. The van der Waals surface area contributed by atoms with Crippen LogP contribution in [0.25, 0.3) is 0 Å². The molecule has 1 aliphatic heterocycles. The minimum atomic E-state index is -0.751. The molecule has 39 heavy (non-hydrogen) atoms. The molecule has 3 atom stereocenters. The van der Waals surface area contributed by atoms with Crippen molar-refractivity contribution in [3.8, 4) is 17.2 Å². The Balaban J connectivity index is 1.50. The first kappa shape index (κ1) is 26.2. The summed E-state index contributed by atoms with van der Waals surface area (Å²) in [5.74, 6) is -0.534. The van der Waals surface area contributed by atoms with Crippen LogP contribution < -0.4 is 9.47 Å². The Morgan fingerprint density at radius 1 is 0.923 bits per heavy atom. The number of methoxy groups -OCH3 is 2. The summed E-state index contributed by atoms with van der Waals surface area (Å²) < 4.78 is 16.6. The van der Waals surface area contributed by atoms with E-state index in [2.05, 4.69) is 0 Å². The Bertz CT molecular complexity index is 1440. The number of rotatable bonds is 7. The van der Waals surface area contributed by atoms with Crippen LogP contribution in [0.15, 0.2) is 89.1 Å². The topological polar surface area (TPSA) is 94.4 Å². The molecule has 3 aromatic rings. The maximum atomic E-state index is 13.8. The van der Waals surface area contributed by atoms with Gasteiger partial charge in [-0.1, -0.05) is 48.5 Å². The van der Waals surface area contributed by atoms with Crippen molar-refractivity contribution in [3.63, 3.8) is 0 Å². The van der Waals surface area contributed by atoms with Gasteiger partial charge in [-0.3, -0.25) is 14.6 Å². The van der Waals surface area contributed by atoms with Gasteiger partial charge in [0.05, 0.1) is 14.2 Å². The highest BCUT2D eigenvalue weighted by molar-refractivity contribution is 6.09. The monoisotopic (exact) mass is 525 g/mol. The number of aliphatic imine (C=N–C) groups is 1. The van der Waals surface area contributed by atoms with Crippen LogP contribution in [0.3, 0.4) is 0 Å². The number of Topliss-reactive ketones (excluding diaryl/α,β-unsaturated/α-hetero) is 1. The van der Waals surface area contributed by atoms with Crippen LogP contribution in [-0.4, -0.2) is 36.8 Å². The number of hydrogen-bond donors (Lipinski definition) is 1. The summed E-state index contributed by atoms with van der Waals surface area (Å²) in [5.41, 5.74) is 4.44. The van der Waals surface area contributed by atoms with Crippen LogP contribution in [0.4, 0.5) is 0 Å². The summed E-state index contributed by atoms with van der Waals surface area (Å²) in [6.45, 7) is 1.95. The number of phenols is 1. The lowest BCUT2D eigenvalue weighted by Crippen LogP contribution is -2.38. The SMILES string of the molecule is COc1ccc([C@@H]2CC(=O)C3=C(C2)N=C(C)C(C(=O)OCc2ccccc2)[C@@H]3c2ccc(O)cc2)cc1OC. The van der Waals surface area contributed by atoms with Gasteiger partial charge in [0.2, 0.25) is 0 Å². The van der Waals surface area contributed by atoms with Crippen molar-refractivity contribution >= 4 is 17.5 Å². The van der Waals surface area contributed by atoms with Gasteiger partial charge in [-0.15, -0.1) is 0 Å². The van der Waals surface area contributed by atoms with E-state index >= 15 is 0 Å². The Labute approximate surface area is 227 Å². The van der Waals surface area contributed by atoms with Gasteiger partial charge in [-0.25, -0.2) is 0 Å². The third-order valence-electron chi connectivity index (χ3n) is 7.50. The standard InChI is InChI=1S/C32H31NO6/c1-19-29(32(36)39-18-20-7-5-4-6-8-20)30(21-9-12-24(34)13-10-21)31-25(33-19)15-23(16-26(31)35)22-11-14-27(37-2)28(17-22)38-3/h4-14,17,23,29-30,34H,15-16,18H2,1-3H3/t23-,29?,30-/m0/s1. The zero-order valence-electron chi connectivity index (χ0n) is 22.2. The van der Waals surface area contributed by atoms with Gasteiger partial charge in [0.15, 0.2) is 17.3 Å². The number of ketones is 1. The average Bonchev–Trinajstić information content (AvgIpc) is 2.95. The molecule has 0 radical (unpaired) electrons. The molecule has 0 amide bonds. The molecular weight excluding hydrogens is 494 g/mol. The molecule has 1 unspecified atom stereocenters. The molecule has 5 rings (SSSR count). The van der Waals surface area contributed by atoms with Crippen LogP contribution >= 0.6 is 0 Å². The number of phenolic OH excluding ortho intramolecular Hbond substituents is 1. The van der Waals surface area contributed by atoms with Crippen LogP contribution in [-0.2, 0) is 20.9 Å². The normalized spacial score (nSPS) is 20.6. The lowest BCUT2D eigenvalue weighted by molar-refractivity contribution is -0.148. The van der Waals surface area contributed by atoms with E-state index in [1.54, 1.807) is 38.5 Å². The Hall–Kier alpha value is -4.39. The number of allylic oxidation sites excluding steroid dienone is 2. The number of ether oxygens (including phenoxy) is 3. The predicted molar refractivity (Wildman–Crippen MR) is 147 cm³/mol. The molecule has 1 heterocycles. The molecule has 0 fully saturated rings. The lowest BCUT2D eigenvalue weighted by Gasteiger charge is -2.36. The fraction of sp³-hybridized carbons (Fsp3) is 0.281. The molecule has 0 saturated carbocycles. The number of carbonyl (C=O) groups is 2. The maximum Gasteiger partial charge on any atom is 0.315 e. The van der Waals surface area contributed by atoms with Gasteiger partial charge in [0, 0.05) is 29.3 Å². The summed E-state index contributed by atoms with van der Waals surface area (Å²) in [6.07, 6.45) is 0.831. The average molecular weight is 526 g/mol. The van der Waals surface area contributed by atoms with E-state index in [0.29, 0.717) is 34.9 Å². The first-order chi connectivity index (χ1) is 18.9. The van der Waals surface area contributed by atoms with E-state index in [4.69, 9.17) is 19.2 Å². The van der Waals surface area contributed by atoms with E-state index in [-0.39, 0.29) is 30.5 Å². The fourth-order valence-corrected chi connectivity index (χ4v) is 5.57. The first-order valence-corrected chi connectivity index (χ1v) is 12.9. The van der Waals surface area contributed by atoms with Gasteiger partial charge in [-0.2, -0.15) is 0 Å². The van der Waals surface area contributed by atoms with Crippen molar-refractivity contribution in [2.75, 3.05) is 14.2 Å². The van der Waals surface area contributed by atoms with Crippen LogP contribution in [0.2, 0.25) is 0 Å². The number of esters is 1. The second-order valence-corrected chi connectivity index (χ2v) is 9.90. The Morgan fingerprint density at radius 2 is 1.62 bits per heavy atom. The van der Waals surface area contributed by atoms with E-state index in [1.165, 1.54) is 0 Å². The van der Waals surface area contributed by atoms with Gasteiger partial charge in [0.1, 0.15) is 18.3 Å². The number of benzene rings is 3. The second-order valence-electron chi connectivity index (χ2n) is 9.90. The van der Waals surface area contributed by atoms with Crippen molar-refractivity contribution < 1.29 is 28.9 Å². The molecule has 2 aliphatic rings. The molecule has 1 aliphatic carbocycles. The molecule has 3 aromatic carbocycles. The van der Waals surface area contributed by atoms with Gasteiger partial charge < -0.3 is 19.3 Å². The highest BCUT2D eigenvalue weighted by Gasteiger charge is 2.44. The van der Waals surface area contributed by atoms with Crippen LogP contribution in [0.1, 0.15) is 48.3 Å². The molecule has 0 bridgehead atoms. The largest absolute Gasteiger partial charge is 0.508 e. The number of carbonyl (C=O) groups excluding carboxylic acids is 2. The summed E-state index contributed by atoms with van der Waals surface area (Å²) in [5, 5.41) is 9.90. The summed E-state index contributed by atoms with van der Waals surface area (Å²) >= 11 is 0. The van der Waals surface area contributed by atoms with E-state index in [1.807, 2.05) is 55.5 Å². The molecule has 7 nitrogen and oxygen atoms in total. The molecule has 1 N–H and O–H groups in total. The first-order valence-electron chi connectivity index (χ1n) is 12.9. The number of nitrogens with zero attached hydrogens (tertiary/aromatic N) is 1. The summed E-state index contributed by atoms with van der Waals surface area (Å²) in [6, 6.07) is 21.8. The Kier molecular flexibility index (Phi) is 7.50. The highest BCUT2D eigenvalue weighted by Crippen LogP contribution is 2.47. The Morgan fingerprint density at radius 3 is 2.31 bits per heavy atom. The molecule has 0 aromatic heterocycles. The van der Waals surface area contributed by atoms with Crippen molar-refractivity contribution in [2.45, 2.75) is 38.2 Å². The third kappa shape index (κ3) is 5.30. The minimum Gasteiger partial charge on any atom is -0.508 e. The molecular formula is C32H31NO6. The minimum absolute atomic E-state index is 0.0498. The van der Waals surface area contributed by atoms with Gasteiger partial charge >= 0.3 is 5.97 Å². The van der Waals surface area contributed by atoms with Crippen molar-refractivity contribution in [1.82, 2.24) is 0 Å². The quantitative estimate of drug-likeness (QED) is 0.396. The zero-order valence-corrected chi connectivity index (χ0v) is 22.2. The van der Waals surface area contributed by atoms with E-state index < -0.39 is 17.8 Å². The van der Waals surface area contributed by atoms with Gasteiger partial charge in [-0.05, 0) is 60.2 Å².